The number of likely N-dealkylation sites (tertiary alicyclic amines) is 1. The molecule has 3 rings (SSSR count). The fourth-order valence-corrected chi connectivity index (χ4v) is 2.85. The van der Waals surface area contributed by atoms with Crippen molar-refractivity contribution in [3.8, 4) is 0 Å². The molecule has 0 bridgehead atoms. The van der Waals surface area contributed by atoms with Crippen molar-refractivity contribution in [3.05, 3.63) is 29.6 Å². The van der Waals surface area contributed by atoms with Gasteiger partial charge in [0, 0.05) is 18.3 Å². The third kappa shape index (κ3) is 3.13. The Morgan fingerprint density at radius 2 is 2.05 bits per heavy atom. The lowest BCUT2D eigenvalue weighted by molar-refractivity contribution is -0.125. The molecule has 1 N–H and O–H groups in total. The Balaban J connectivity index is 1.75. The molecule has 1 unspecified atom stereocenters. The molecule has 0 radical (unpaired) electrons. The predicted molar refractivity (Wildman–Crippen MR) is 83.5 cm³/mol. The normalized spacial score (nSPS) is 21.2. The third-order valence-electron chi connectivity index (χ3n) is 4.32. The Hall–Kier alpha value is -1.91. The molecule has 2 amide bonds. The average Bonchev–Trinajstić information content (AvgIpc) is 3.18. The van der Waals surface area contributed by atoms with Crippen LogP contribution >= 0.6 is 0 Å². The number of pyridine rings is 1. The van der Waals surface area contributed by atoms with Gasteiger partial charge in [-0.3, -0.25) is 9.59 Å². The van der Waals surface area contributed by atoms with Gasteiger partial charge in [0.05, 0.1) is 0 Å². The van der Waals surface area contributed by atoms with E-state index in [0.29, 0.717) is 18.3 Å². The first-order chi connectivity index (χ1) is 10.6. The smallest absolute Gasteiger partial charge is 0.273 e. The van der Waals surface area contributed by atoms with Crippen LogP contribution in [0.4, 0.5) is 0 Å². The van der Waals surface area contributed by atoms with Crippen molar-refractivity contribution in [2.45, 2.75) is 57.5 Å². The fraction of sp³-hybridized carbons (Fsp3) is 0.588. The van der Waals surface area contributed by atoms with Gasteiger partial charge in [0.2, 0.25) is 5.91 Å². The highest BCUT2D eigenvalue weighted by Gasteiger charge is 2.37. The molecule has 0 aromatic carbocycles. The van der Waals surface area contributed by atoms with Crippen LogP contribution in [-0.4, -0.2) is 40.3 Å². The van der Waals surface area contributed by atoms with Gasteiger partial charge in [-0.1, -0.05) is 19.9 Å². The van der Waals surface area contributed by atoms with E-state index in [-0.39, 0.29) is 23.8 Å². The summed E-state index contributed by atoms with van der Waals surface area (Å²) in [6.07, 6.45) is 3.74. The van der Waals surface area contributed by atoms with E-state index >= 15 is 0 Å². The van der Waals surface area contributed by atoms with E-state index in [9.17, 15) is 9.59 Å². The minimum absolute atomic E-state index is 0.00614. The van der Waals surface area contributed by atoms with E-state index in [1.54, 1.807) is 11.0 Å². The van der Waals surface area contributed by atoms with Gasteiger partial charge in [0.25, 0.3) is 5.91 Å². The Bertz CT molecular complexity index is 581. The molecule has 1 aliphatic heterocycles. The maximum Gasteiger partial charge on any atom is 0.273 e. The van der Waals surface area contributed by atoms with Crippen LogP contribution in [0.5, 0.6) is 0 Å². The Kier molecular flexibility index (Phi) is 4.14. The fourth-order valence-electron chi connectivity index (χ4n) is 2.85. The summed E-state index contributed by atoms with van der Waals surface area (Å²) in [6.45, 7) is 4.74. The zero-order valence-electron chi connectivity index (χ0n) is 13.2. The van der Waals surface area contributed by atoms with Gasteiger partial charge in [-0.25, -0.2) is 4.98 Å². The molecule has 1 saturated heterocycles. The van der Waals surface area contributed by atoms with E-state index in [1.807, 2.05) is 12.1 Å². The van der Waals surface area contributed by atoms with Gasteiger partial charge in [-0.15, -0.1) is 0 Å². The number of hydrogen-bond acceptors (Lipinski definition) is 3. The lowest BCUT2D eigenvalue weighted by Gasteiger charge is -2.24. The van der Waals surface area contributed by atoms with Crippen LogP contribution in [-0.2, 0) is 4.79 Å². The Morgan fingerprint density at radius 1 is 1.27 bits per heavy atom. The van der Waals surface area contributed by atoms with Crippen LogP contribution in [0.2, 0.25) is 0 Å². The first-order valence-corrected chi connectivity index (χ1v) is 8.14. The predicted octanol–water partition coefficient (Wildman–Crippen LogP) is 2.09. The van der Waals surface area contributed by atoms with Gasteiger partial charge in [-0.05, 0) is 43.7 Å². The SMILES string of the molecule is CC(C)c1cccc(C(=O)N2CCCC2C(=O)NC2CC2)n1. The van der Waals surface area contributed by atoms with Crippen molar-refractivity contribution in [3.63, 3.8) is 0 Å². The molecule has 118 valence electrons. The number of amides is 2. The van der Waals surface area contributed by atoms with Crippen molar-refractivity contribution < 1.29 is 9.59 Å². The van der Waals surface area contributed by atoms with E-state index < -0.39 is 0 Å². The van der Waals surface area contributed by atoms with Crippen molar-refractivity contribution in [2.24, 2.45) is 0 Å². The molecule has 0 spiro atoms. The lowest BCUT2D eigenvalue weighted by atomic mass is 10.1. The first kappa shape index (κ1) is 15.0. The zero-order valence-corrected chi connectivity index (χ0v) is 13.2. The molecule has 1 aliphatic carbocycles. The highest BCUT2D eigenvalue weighted by molar-refractivity contribution is 5.96. The van der Waals surface area contributed by atoms with Crippen molar-refractivity contribution in [1.82, 2.24) is 15.2 Å². The number of carbonyl (C=O) groups excluding carboxylic acids is 2. The number of aromatic nitrogens is 1. The van der Waals surface area contributed by atoms with Gasteiger partial charge in [0.15, 0.2) is 0 Å². The van der Waals surface area contributed by atoms with Crippen LogP contribution in [0.15, 0.2) is 18.2 Å². The molecule has 2 aliphatic rings. The quantitative estimate of drug-likeness (QED) is 0.926. The Labute approximate surface area is 131 Å². The minimum atomic E-state index is -0.336. The standard InChI is InChI=1S/C17H23N3O2/c1-11(2)13-5-3-6-14(19-13)17(22)20-10-4-7-15(20)16(21)18-12-8-9-12/h3,5-6,11-12,15H,4,7-10H2,1-2H3,(H,18,21). The second kappa shape index (κ2) is 6.07. The summed E-state index contributed by atoms with van der Waals surface area (Å²) in [4.78, 5) is 31.2. The lowest BCUT2D eigenvalue weighted by Crippen LogP contribution is -2.46. The number of carbonyl (C=O) groups is 2. The summed E-state index contributed by atoms with van der Waals surface area (Å²) >= 11 is 0. The first-order valence-electron chi connectivity index (χ1n) is 8.14. The summed E-state index contributed by atoms with van der Waals surface area (Å²) in [5.74, 6) is 0.143. The summed E-state index contributed by atoms with van der Waals surface area (Å²) < 4.78 is 0. The van der Waals surface area contributed by atoms with E-state index in [2.05, 4.69) is 24.1 Å². The molecule has 5 nitrogen and oxygen atoms in total. The molecule has 1 atom stereocenters. The number of nitrogens with zero attached hydrogens (tertiary/aromatic N) is 2. The maximum absolute atomic E-state index is 12.7. The van der Waals surface area contributed by atoms with Crippen LogP contribution in [0.25, 0.3) is 0 Å². The zero-order chi connectivity index (χ0) is 15.7. The molecule has 2 fully saturated rings. The van der Waals surface area contributed by atoms with Crippen LogP contribution < -0.4 is 5.32 Å². The number of rotatable bonds is 4. The van der Waals surface area contributed by atoms with Crippen LogP contribution in [0.3, 0.4) is 0 Å². The summed E-state index contributed by atoms with van der Waals surface area (Å²) in [5, 5.41) is 3.01. The second-order valence-electron chi connectivity index (χ2n) is 6.54. The second-order valence-corrected chi connectivity index (χ2v) is 6.54. The van der Waals surface area contributed by atoms with E-state index in [4.69, 9.17) is 0 Å². The van der Waals surface area contributed by atoms with Crippen molar-refractivity contribution >= 4 is 11.8 Å². The molecule has 2 heterocycles. The molecule has 1 aromatic rings. The monoisotopic (exact) mass is 301 g/mol. The Morgan fingerprint density at radius 3 is 2.73 bits per heavy atom. The van der Waals surface area contributed by atoms with Gasteiger partial charge < -0.3 is 10.2 Å². The molecular weight excluding hydrogens is 278 g/mol. The highest BCUT2D eigenvalue weighted by atomic mass is 16.2. The average molecular weight is 301 g/mol. The molecular formula is C17H23N3O2. The minimum Gasteiger partial charge on any atom is -0.352 e. The molecule has 1 saturated carbocycles. The van der Waals surface area contributed by atoms with E-state index in [1.165, 1.54) is 0 Å². The number of hydrogen-bond donors (Lipinski definition) is 1. The molecule has 1 aromatic heterocycles. The third-order valence-corrected chi connectivity index (χ3v) is 4.32. The molecule has 5 heteroatoms. The van der Waals surface area contributed by atoms with Crippen molar-refractivity contribution in [1.29, 1.82) is 0 Å². The van der Waals surface area contributed by atoms with E-state index in [0.717, 1.165) is 31.4 Å². The molecule has 22 heavy (non-hydrogen) atoms. The van der Waals surface area contributed by atoms with Crippen molar-refractivity contribution in [2.75, 3.05) is 6.54 Å². The summed E-state index contributed by atoms with van der Waals surface area (Å²) in [7, 11) is 0. The summed E-state index contributed by atoms with van der Waals surface area (Å²) in [5.41, 5.74) is 1.35. The topological polar surface area (TPSA) is 62.3 Å². The van der Waals surface area contributed by atoms with Gasteiger partial charge in [-0.2, -0.15) is 0 Å². The van der Waals surface area contributed by atoms with Crippen LogP contribution in [0, 0.1) is 0 Å². The van der Waals surface area contributed by atoms with Gasteiger partial charge in [0.1, 0.15) is 11.7 Å². The maximum atomic E-state index is 12.7. The van der Waals surface area contributed by atoms with Gasteiger partial charge >= 0.3 is 0 Å². The summed E-state index contributed by atoms with van der Waals surface area (Å²) in [6, 6.07) is 5.53. The number of nitrogens with one attached hydrogen (secondary N) is 1. The van der Waals surface area contributed by atoms with Crippen LogP contribution in [0.1, 0.15) is 61.6 Å². The highest BCUT2D eigenvalue weighted by Crippen LogP contribution is 2.24. The largest absolute Gasteiger partial charge is 0.352 e.